The van der Waals surface area contributed by atoms with Crippen LogP contribution in [0.4, 0.5) is 4.39 Å². The number of phenolic OH excluding ortho intramolecular Hbond substituents is 1. The molecule has 9 nitrogen and oxygen atoms in total. The van der Waals surface area contributed by atoms with Crippen molar-refractivity contribution in [3.63, 3.8) is 0 Å². The van der Waals surface area contributed by atoms with Crippen molar-refractivity contribution in [2.24, 2.45) is 0 Å². The van der Waals surface area contributed by atoms with Crippen LogP contribution in [0.1, 0.15) is 24.1 Å². The van der Waals surface area contributed by atoms with Gasteiger partial charge in [0.25, 0.3) is 11.1 Å². The van der Waals surface area contributed by atoms with Gasteiger partial charge in [-0.1, -0.05) is 12.1 Å². The summed E-state index contributed by atoms with van der Waals surface area (Å²) in [5.41, 5.74) is -0.352. The van der Waals surface area contributed by atoms with E-state index in [1.165, 1.54) is 16.7 Å². The van der Waals surface area contributed by atoms with Gasteiger partial charge in [-0.05, 0) is 49.5 Å². The summed E-state index contributed by atoms with van der Waals surface area (Å²) < 4.78 is 16.2. The number of aromatic nitrogens is 3. The van der Waals surface area contributed by atoms with Gasteiger partial charge in [0, 0.05) is 30.9 Å². The molecule has 36 heavy (non-hydrogen) atoms. The largest absolute Gasteiger partial charge is 0.507 e. The maximum atomic E-state index is 14.8. The van der Waals surface area contributed by atoms with Crippen molar-refractivity contribution in [3.05, 3.63) is 80.4 Å². The molecule has 0 radical (unpaired) electrons. The van der Waals surface area contributed by atoms with E-state index in [1.54, 1.807) is 18.2 Å². The summed E-state index contributed by atoms with van der Waals surface area (Å²) >= 11 is 0. The molecule has 1 fully saturated rings. The zero-order chi connectivity index (χ0) is 25.0. The number of piperidine rings is 1. The number of benzene rings is 1. The molecule has 4 aromatic rings. The Morgan fingerprint density at radius 2 is 2.00 bits per heavy atom. The highest BCUT2D eigenvalue weighted by Gasteiger charge is 2.43. The summed E-state index contributed by atoms with van der Waals surface area (Å²) in [5.74, 6) is -0.638. The first-order valence-corrected chi connectivity index (χ1v) is 12.0. The highest BCUT2D eigenvalue weighted by molar-refractivity contribution is 5.87. The second kappa shape index (κ2) is 8.51. The summed E-state index contributed by atoms with van der Waals surface area (Å²) in [6, 6.07) is 10.0. The number of likely N-dealkylation sites (tertiary alicyclic amines) is 1. The molecule has 3 aromatic heterocycles. The van der Waals surface area contributed by atoms with E-state index in [1.807, 2.05) is 6.07 Å². The molecule has 2 aliphatic rings. The minimum atomic E-state index is -1.50. The van der Waals surface area contributed by atoms with Gasteiger partial charge in [-0.2, -0.15) is 0 Å². The molecular weight excluding hydrogens is 465 g/mol. The molecular formula is C26H26FN5O4. The van der Waals surface area contributed by atoms with Crippen LogP contribution >= 0.6 is 0 Å². The zero-order valence-corrected chi connectivity index (χ0v) is 19.5. The molecule has 0 aliphatic carbocycles. The first kappa shape index (κ1) is 22.8. The van der Waals surface area contributed by atoms with Gasteiger partial charge in [-0.3, -0.25) is 19.5 Å². The second-order valence-corrected chi connectivity index (χ2v) is 9.80. The van der Waals surface area contributed by atoms with Crippen molar-refractivity contribution in [2.75, 3.05) is 19.6 Å². The van der Waals surface area contributed by atoms with Crippen molar-refractivity contribution >= 4 is 21.8 Å². The van der Waals surface area contributed by atoms with Crippen molar-refractivity contribution in [1.29, 1.82) is 0 Å². The minimum Gasteiger partial charge on any atom is -0.507 e. The molecule has 5 heterocycles. The summed E-state index contributed by atoms with van der Waals surface area (Å²) in [6.45, 7) is 2.10. The monoisotopic (exact) mass is 491 g/mol. The topological polar surface area (TPSA) is 123 Å². The molecule has 1 aromatic carbocycles. The maximum Gasteiger partial charge on any atom is 0.259 e. The van der Waals surface area contributed by atoms with Gasteiger partial charge in [0.05, 0.1) is 34.7 Å². The molecule has 10 heteroatoms. The summed E-state index contributed by atoms with van der Waals surface area (Å²) in [4.78, 5) is 33.8. The van der Waals surface area contributed by atoms with Crippen LogP contribution in [0.5, 0.6) is 5.75 Å². The Bertz CT molecular complexity index is 1610. The molecule has 0 saturated carbocycles. The number of hydrogen-bond acceptors (Lipinski definition) is 7. The quantitative estimate of drug-likeness (QED) is 0.334. The van der Waals surface area contributed by atoms with Gasteiger partial charge < -0.3 is 25.1 Å². The van der Waals surface area contributed by atoms with Crippen molar-refractivity contribution in [2.45, 2.75) is 37.6 Å². The normalized spacial score (nSPS) is 20.5. The van der Waals surface area contributed by atoms with E-state index in [0.29, 0.717) is 36.1 Å². The Kier molecular flexibility index (Phi) is 5.40. The molecule has 1 atom stereocenters. The van der Waals surface area contributed by atoms with Gasteiger partial charge in [0.1, 0.15) is 17.2 Å². The lowest BCUT2D eigenvalue weighted by atomic mass is 9.93. The number of pyridine rings is 3. The first-order chi connectivity index (χ1) is 17.3. The van der Waals surface area contributed by atoms with Crippen LogP contribution in [0.2, 0.25) is 0 Å². The summed E-state index contributed by atoms with van der Waals surface area (Å²) in [5, 5.41) is 25.9. The molecule has 0 amide bonds. The maximum absolute atomic E-state index is 14.8. The Morgan fingerprint density at radius 1 is 1.19 bits per heavy atom. The first-order valence-electron chi connectivity index (χ1n) is 12.0. The lowest BCUT2D eigenvalue weighted by molar-refractivity contribution is -0.0159. The average Bonchev–Trinajstić information content (AvgIpc) is 3.17. The Labute approximate surface area is 204 Å². The van der Waals surface area contributed by atoms with Crippen LogP contribution in [-0.2, 0) is 18.7 Å². The average molecular weight is 492 g/mol. The Balaban J connectivity index is 1.11. The third-order valence-electron chi connectivity index (χ3n) is 7.40. The van der Waals surface area contributed by atoms with Crippen LogP contribution in [-0.4, -0.2) is 55.3 Å². The number of phenols is 1. The fraction of sp³-hybridized carbons (Fsp3) is 0.346. The van der Waals surface area contributed by atoms with Crippen LogP contribution in [0, 0.1) is 5.82 Å². The number of fused-ring (bicyclic) bond motifs is 1. The number of H-pyrrole nitrogens is 1. The predicted octanol–water partition coefficient (Wildman–Crippen LogP) is 1.54. The number of aromatic amines is 1. The van der Waals surface area contributed by atoms with Gasteiger partial charge in [0.15, 0.2) is 0 Å². The van der Waals surface area contributed by atoms with Gasteiger partial charge in [-0.15, -0.1) is 0 Å². The molecule has 0 spiro atoms. The Hall–Kier alpha value is -3.60. The molecule has 1 saturated heterocycles. The number of rotatable bonds is 5. The number of halogens is 1. The van der Waals surface area contributed by atoms with E-state index in [-0.39, 0.29) is 46.9 Å². The summed E-state index contributed by atoms with van der Waals surface area (Å²) in [6.07, 6.45) is 2.74. The van der Waals surface area contributed by atoms with Crippen molar-refractivity contribution in [1.82, 2.24) is 24.8 Å². The van der Waals surface area contributed by atoms with Crippen LogP contribution in [0.25, 0.3) is 21.8 Å². The fourth-order valence-corrected chi connectivity index (χ4v) is 5.68. The standard InChI is InChI=1S/C26H26FN5O4/c27-18-12-29-19-4-5-21(34)32-14-26(36,23(18)24(19)32)13-31-8-6-16(7-9-31)28-11-17-10-15-2-1-3-20(33)22(15)25(35)30-17/h1-5,10,12,16,28,33,36H,6-9,11,13-14H2,(H,30,35)/t26-/m0/s1. The van der Waals surface area contributed by atoms with Gasteiger partial charge in [-0.25, -0.2) is 4.39 Å². The molecule has 6 rings (SSSR count). The van der Waals surface area contributed by atoms with E-state index in [4.69, 9.17) is 0 Å². The Morgan fingerprint density at radius 3 is 2.81 bits per heavy atom. The van der Waals surface area contributed by atoms with E-state index in [2.05, 4.69) is 20.2 Å². The predicted molar refractivity (Wildman–Crippen MR) is 132 cm³/mol. The highest BCUT2D eigenvalue weighted by atomic mass is 19.1. The van der Waals surface area contributed by atoms with E-state index < -0.39 is 11.4 Å². The van der Waals surface area contributed by atoms with Crippen LogP contribution in [0.3, 0.4) is 0 Å². The van der Waals surface area contributed by atoms with Crippen molar-refractivity contribution in [3.8, 4) is 5.75 Å². The van der Waals surface area contributed by atoms with Gasteiger partial charge in [0.2, 0.25) is 0 Å². The van der Waals surface area contributed by atoms with Crippen LogP contribution in [0.15, 0.2) is 52.2 Å². The minimum absolute atomic E-state index is 0.00415. The number of nitrogens with zero attached hydrogens (tertiary/aromatic N) is 3. The third-order valence-corrected chi connectivity index (χ3v) is 7.40. The second-order valence-electron chi connectivity index (χ2n) is 9.80. The third kappa shape index (κ3) is 3.78. The number of aliphatic hydroxyl groups is 1. The van der Waals surface area contributed by atoms with Crippen LogP contribution < -0.4 is 16.4 Å². The SMILES string of the molecule is O=c1[nH]c(CNC2CCN(C[C@]3(O)Cn4c(=O)ccc5ncc(F)c3c54)CC2)cc2cccc(O)c12. The van der Waals surface area contributed by atoms with E-state index in [0.717, 1.165) is 24.7 Å². The van der Waals surface area contributed by atoms with Gasteiger partial charge >= 0.3 is 0 Å². The molecule has 0 bridgehead atoms. The number of nitrogens with one attached hydrogen (secondary N) is 2. The fourth-order valence-electron chi connectivity index (χ4n) is 5.68. The molecule has 0 unspecified atom stereocenters. The smallest absolute Gasteiger partial charge is 0.259 e. The number of β-amino-alcohol motifs (C(OH)–C–C–N with tert-alkyl or cyclic N) is 1. The van der Waals surface area contributed by atoms with E-state index >= 15 is 0 Å². The molecule has 4 N–H and O–H groups in total. The molecule has 2 aliphatic heterocycles. The highest BCUT2D eigenvalue weighted by Crippen LogP contribution is 2.38. The summed E-state index contributed by atoms with van der Waals surface area (Å²) in [7, 11) is 0. The lowest BCUT2D eigenvalue weighted by Crippen LogP contribution is -2.48. The lowest BCUT2D eigenvalue weighted by Gasteiger charge is -2.37. The molecule has 186 valence electrons. The van der Waals surface area contributed by atoms with E-state index in [9.17, 15) is 24.2 Å². The number of aromatic hydroxyl groups is 1. The number of hydrogen-bond donors (Lipinski definition) is 4. The zero-order valence-electron chi connectivity index (χ0n) is 19.5. The van der Waals surface area contributed by atoms with Crippen molar-refractivity contribution < 1.29 is 14.6 Å².